The van der Waals surface area contributed by atoms with Gasteiger partial charge in [0.25, 0.3) is 5.78 Å². The van der Waals surface area contributed by atoms with Crippen LogP contribution < -0.4 is 0 Å². The first-order valence-corrected chi connectivity index (χ1v) is 10.4. The van der Waals surface area contributed by atoms with E-state index in [2.05, 4.69) is 59.5 Å². The highest BCUT2D eigenvalue weighted by molar-refractivity contribution is 9.10. The topological polar surface area (TPSA) is 72.7 Å². The third-order valence-electron chi connectivity index (χ3n) is 4.36. The van der Waals surface area contributed by atoms with Gasteiger partial charge in [-0.05, 0) is 29.3 Å². The average Bonchev–Trinajstić information content (AvgIpc) is 3.41. The van der Waals surface area contributed by atoms with E-state index in [0.717, 1.165) is 26.6 Å². The number of aliphatic imine (C=N–C) groups is 1. The molecule has 2 aromatic carbocycles. The highest BCUT2D eigenvalue weighted by Crippen LogP contribution is 2.30. The van der Waals surface area contributed by atoms with Crippen LogP contribution in [0.2, 0.25) is 0 Å². The Bertz CT molecular complexity index is 1210. The van der Waals surface area contributed by atoms with Crippen molar-refractivity contribution in [3.63, 3.8) is 0 Å². The molecule has 0 bridgehead atoms. The number of aromatic nitrogens is 5. The fourth-order valence-electron chi connectivity index (χ4n) is 2.99. The number of hydrogen-bond donors (Lipinski definition) is 0. The number of halogens is 1. The second-order valence-electron chi connectivity index (χ2n) is 6.22. The third-order valence-corrected chi connectivity index (χ3v) is 5.84. The molecule has 0 saturated heterocycles. The molecule has 2 aromatic heterocycles. The molecule has 0 radical (unpaired) electrons. The van der Waals surface area contributed by atoms with E-state index in [1.165, 1.54) is 5.56 Å². The molecule has 4 aromatic rings. The van der Waals surface area contributed by atoms with Crippen LogP contribution in [0.3, 0.4) is 0 Å². The molecule has 7 nitrogen and oxygen atoms in total. The van der Waals surface area contributed by atoms with E-state index in [1.807, 2.05) is 42.8 Å². The van der Waals surface area contributed by atoms with E-state index in [4.69, 9.17) is 0 Å². The van der Waals surface area contributed by atoms with Crippen LogP contribution in [0.1, 0.15) is 17.0 Å². The highest BCUT2D eigenvalue weighted by atomic mass is 79.9. The van der Waals surface area contributed by atoms with E-state index < -0.39 is 0 Å². The standard InChI is InChI=1S/C19H14BrN7S/c20-15-5-3-4-13(8-15)11-28-19-25-24-18-26(12-23-27(18)19)22-10-14-9-21-17-7-2-1-6-16(14)17/h1-10,12,14H,11H2/b22-10-/t14-/m0/s1. The average molecular weight is 452 g/mol. The number of nitrogens with zero attached hydrogens (tertiary/aromatic N) is 7. The molecule has 9 heteroatoms. The van der Waals surface area contributed by atoms with Crippen LogP contribution in [-0.4, -0.2) is 36.9 Å². The Labute approximate surface area is 173 Å². The van der Waals surface area contributed by atoms with Crippen molar-refractivity contribution in [1.82, 2.24) is 24.5 Å². The van der Waals surface area contributed by atoms with Gasteiger partial charge in [0.2, 0.25) is 5.16 Å². The molecule has 28 heavy (non-hydrogen) atoms. The number of hydrogen-bond acceptors (Lipinski definition) is 6. The Morgan fingerprint density at radius 1 is 1.14 bits per heavy atom. The van der Waals surface area contributed by atoms with Crippen molar-refractivity contribution in [2.24, 2.45) is 10.1 Å². The van der Waals surface area contributed by atoms with Crippen LogP contribution in [0, 0.1) is 0 Å². The summed E-state index contributed by atoms with van der Waals surface area (Å²) in [5.41, 5.74) is 3.34. The summed E-state index contributed by atoms with van der Waals surface area (Å²) in [5.74, 6) is 1.41. The lowest BCUT2D eigenvalue weighted by Crippen LogP contribution is -1.99. The van der Waals surface area contributed by atoms with Crippen LogP contribution >= 0.6 is 27.7 Å². The van der Waals surface area contributed by atoms with Crippen LogP contribution in [0.25, 0.3) is 5.78 Å². The molecule has 0 N–H and O–H groups in total. The van der Waals surface area contributed by atoms with Crippen LogP contribution in [0.15, 0.2) is 74.6 Å². The van der Waals surface area contributed by atoms with Gasteiger partial charge in [-0.1, -0.05) is 58.0 Å². The molecule has 1 atom stereocenters. The molecule has 0 fully saturated rings. The quantitative estimate of drug-likeness (QED) is 0.334. The third kappa shape index (κ3) is 3.27. The molecular formula is C19H14BrN7S. The van der Waals surface area contributed by atoms with Crippen LogP contribution in [0.4, 0.5) is 5.69 Å². The monoisotopic (exact) mass is 451 g/mol. The van der Waals surface area contributed by atoms with E-state index in [-0.39, 0.29) is 5.92 Å². The van der Waals surface area contributed by atoms with Crippen molar-refractivity contribution in [2.45, 2.75) is 16.8 Å². The van der Waals surface area contributed by atoms with Crippen molar-refractivity contribution >= 4 is 51.6 Å². The minimum atomic E-state index is 0.0481. The first kappa shape index (κ1) is 17.3. The lowest BCUT2D eigenvalue weighted by atomic mass is 10.0. The first-order valence-electron chi connectivity index (χ1n) is 8.61. The van der Waals surface area contributed by atoms with Gasteiger partial charge < -0.3 is 0 Å². The van der Waals surface area contributed by atoms with Gasteiger partial charge in [0.1, 0.15) is 6.33 Å². The predicted molar refractivity (Wildman–Crippen MR) is 114 cm³/mol. The molecule has 0 unspecified atom stereocenters. The molecule has 3 heterocycles. The van der Waals surface area contributed by atoms with Gasteiger partial charge in [-0.3, -0.25) is 4.99 Å². The molecule has 0 amide bonds. The molecule has 5 rings (SSSR count). The van der Waals surface area contributed by atoms with E-state index >= 15 is 0 Å². The zero-order valence-corrected chi connectivity index (χ0v) is 17.0. The second-order valence-corrected chi connectivity index (χ2v) is 8.07. The maximum atomic E-state index is 4.52. The minimum absolute atomic E-state index is 0.0481. The van der Waals surface area contributed by atoms with Crippen molar-refractivity contribution in [3.8, 4) is 0 Å². The Morgan fingerprint density at radius 3 is 3.00 bits per heavy atom. The molecule has 0 aliphatic carbocycles. The van der Waals surface area contributed by atoms with Crippen molar-refractivity contribution < 1.29 is 0 Å². The van der Waals surface area contributed by atoms with Gasteiger partial charge in [0.15, 0.2) is 0 Å². The zero-order valence-electron chi connectivity index (χ0n) is 14.6. The summed E-state index contributed by atoms with van der Waals surface area (Å²) in [6.07, 6.45) is 5.38. The number of benzene rings is 2. The Morgan fingerprint density at radius 2 is 2.07 bits per heavy atom. The summed E-state index contributed by atoms with van der Waals surface area (Å²) in [6, 6.07) is 16.3. The Balaban J connectivity index is 1.34. The second kappa shape index (κ2) is 7.33. The summed E-state index contributed by atoms with van der Waals surface area (Å²) in [7, 11) is 0. The Hall–Kier alpha value is -2.78. The normalized spacial score (nSPS) is 15.7. The van der Waals surface area contributed by atoms with Crippen LogP contribution in [0.5, 0.6) is 0 Å². The number of fused-ring (bicyclic) bond motifs is 2. The predicted octanol–water partition coefficient (Wildman–Crippen LogP) is 4.31. The molecule has 1 aliphatic rings. The lowest BCUT2D eigenvalue weighted by Gasteiger charge is -2.02. The number of rotatable bonds is 5. The Kier molecular flexibility index (Phi) is 4.53. The summed E-state index contributed by atoms with van der Waals surface area (Å²) in [5, 5.41) is 18.1. The fourth-order valence-corrected chi connectivity index (χ4v) is 4.26. The van der Waals surface area contributed by atoms with Gasteiger partial charge in [-0.2, -0.15) is 19.4 Å². The van der Waals surface area contributed by atoms with Crippen molar-refractivity contribution in [3.05, 3.63) is 70.5 Å². The molecule has 0 spiro atoms. The summed E-state index contributed by atoms with van der Waals surface area (Å²) < 4.78 is 4.40. The summed E-state index contributed by atoms with van der Waals surface area (Å²) in [6.45, 7) is 0. The number of thioether (sulfide) groups is 1. The van der Waals surface area contributed by atoms with E-state index in [0.29, 0.717) is 5.78 Å². The summed E-state index contributed by atoms with van der Waals surface area (Å²) >= 11 is 5.08. The van der Waals surface area contributed by atoms with Gasteiger partial charge in [0, 0.05) is 22.7 Å². The van der Waals surface area contributed by atoms with Gasteiger partial charge >= 0.3 is 0 Å². The van der Waals surface area contributed by atoms with E-state index in [1.54, 1.807) is 27.3 Å². The maximum absolute atomic E-state index is 4.52. The summed E-state index contributed by atoms with van der Waals surface area (Å²) in [4.78, 5) is 4.43. The maximum Gasteiger partial charge on any atom is 0.275 e. The van der Waals surface area contributed by atoms with E-state index in [9.17, 15) is 0 Å². The SMILES string of the molecule is Brc1cccc(CSc2nnc3n(/N=C\[C@@H]4C=Nc5ccccc54)cnn23)c1. The fraction of sp³-hybridized carbons (Fsp3) is 0.105. The largest absolute Gasteiger partial charge is 0.275 e. The van der Waals surface area contributed by atoms with Gasteiger partial charge in [-0.25, -0.2) is 0 Å². The van der Waals surface area contributed by atoms with Crippen molar-refractivity contribution in [2.75, 3.05) is 0 Å². The highest BCUT2D eigenvalue weighted by Gasteiger charge is 2.17. The molecule has 1 aliphatic heterocycles. The smallest absolute Gasteiger partial charge is 0.260 e. The molecular weight excluding hydrogens is 438 g/mol. The lowest BCUT2D eigenvalue weighted by molar-refractivity contribution is 0.815. The van der Waals surface area contributed by atoms with Gasteiger partial charge in [-0.15, -0.1) is 10.2 Å². The molecule has 138 valence electrons. The minimum Gasteiger partial charge on any atom is -0.260 e. The molecule has 0 saturated carbocycles. The zero-order chi connectivity index (χ0) is 18.9. The number of para-hydroxylation sites is 1. The van der Waals surface area contributed by atoms with Crippen molar-refractivity contribution in [1.29, 1.82) is 0 Å². The first-order chi connectivity index (χ1) is 13.8. The van der Waals surface area contributed by atoms with Gasteiger partial charge in [0.05, 0.1) is 11.6 Å². The van der Waals surface area contributed by atoms with Crippen LogP contribution in [-0.2, 0) is 5.75 Å².